The molecule has 1 saturated heterocycles. The third-order valence-electron chi connectivity index (χ3n) is 5.31. The molecule has 1 saturated carbocycles. The van der Waals surface area contributed by atoms with Gasteiger partial charge in [-0.3, -0.25) is 14.4 Å². The van der Waals surface area contributed by atoms with Crippen LogP contribution in [0.3, 0.4) is 0 Å². The number of aromatic nitrogens is 1. The molecule has 2 aromatic heterocycles. The van der Waals surface area contributed by atoms with Gasteiger partial charge in [0.2, 0.25) is 18.0 Å². The van der Waals surface area contributed by atoms with Gasteiger partial charge in [-0.15, -0.1) is 0 Å². The zero-order valence-corrected chi connectivity index (χ0v) is 16.9. The van der Waals surface area contributed by atoms with Crippen molar-refractivity contribution >= 4 is 35.4 Å². The lowest BCUT2D eigenvalue weighted by Gasteiger charge is -2.28. The summed E-state index contributed by atoms with van der Waals surface area (Å²) in [6.07, 6.45) is 5.90. The molecule has 0 bridgehead atoms. The van der Waals surface area contributed by atoms with Crippen molar-refractivity contribution in [3.8, 4) is 0 Å². The largest absolute Gasteiger partial charge is 0.433 e. The van der Waals surface area contributed by atoms with Crippen molar-refractivity contribution in [3.05, 3.63) is 23.6 Å². The molecule has 0 radical (unpaired) electrons. The Bertz CT molecular complexity index is 875. The van der Waals surface area contributed by atoms with Crippen molar-refractivity contribution in [1.29, 1.82) is 0 Å². The van der Waals surface area contributed by atoms with Crippen molar-refractivity contribution in [2.75, 3.05) is 32.0 Å². The van der Waals surface area contributed by atoms with Crippen LogP contribution in [-0.4, -0.2) is 55.2 Å². The molecule has 2 amide bonds. The maximum absolute atomic E-state index is 11.7. The van der Waals surface area contributed by atoms with Crippen molar-refractivity contribution in [1.82, 2.24) is 15.2 Å². The molecule has 156 valence electrons. The van der Waals surface area contributed by atoms with Crippen LogP contribution in [0.15, 0.2) is 16.5 Å². The number of rotatable bonds is 6. The van der Waals surface area contributed by atoms with Gasteiger partial charge in [0.15, 0.2) is 12.0 Å². The van der Waals surface area contributed by atoms with Gasteiger partial charge in [-0.2, -0.15) is 0 Å². The summed E-state index contributed by atoms with van der Waals surface area (Å²) < 4.78 is 5.28. The number of furan rings is 1. The predicted octanol–water partition coefficient (Wildman–Crippen LogP) is 2.37. The highest BCUT2D eigenvalue weighted by Gasteiger charge is 2.27. The first kappa shape index (κ1) is 20.8. The highest BCUT2D eigenvalue weighted by molar-refractivity contribution is 5.98. The normalized spacial score (nSPS) is 18.6. The molecule has 2 N–H and O–H groups in total. The van der Waals surface area contributed by atoms with Gasteiger partial charge >= 0.3 is 0 Å². The summed E-state index contributed by atoms with van der Waals surface area (Å²) in [5.74, 6) is 1.16. The second-order valence-corrected chi connectivity index (χ2v) is 7.64. The molecular weight excluding hydrogens is 372 g/mol. The second-order valence-electron chi connectivity index (χ2n) is 7.64. The van der Waals surface area contributed by atoms with Crippen molar-refractivity contribution in [2.24, 2.45) is 11.8 Å². The van der Waals surface area contributed by atoms with Gasteiger partial charge in [0.25, 0.3) is 0 Å². The van der Waals surface area contributed by atoms with Gasteiger partial charge in [0.05, 0.1) is 17.0 Å². The van der Waals surface area contributed by atoms with E-state index in [2.05, 4.69) is 15.6 Å². The minimum Gasteiger partial charge on any atom is -0.433 e. The Morgan fingerprint density at radius 2 is 2.10 bits per heavy atom. The molecule has 2 aliphatic rings. The number of nitrogens with zero attached hydrogens (tertiary/aromatic N) is 2. The van der Waals surface area contributed by atoms with Crippen molar-refractivity contribution in [3.63, 3.8) is 0 Å². The van der Waals surface area contributed by atoms with E-state index in [-0.39, 0.29) is 11.8 Å². The highest BCUT2D eigenvalue weighted by Crippen LogP contribution is 2.28. The molecule has 2 fully saturated rings. The second kappa shape index (κ2) is 9.54. The Hall–Kier alpha value is -2.90. The molecule has 3 heterocycles. The molecule has 1 aliphatic carbocycles. The monoisotopic (exact) mass is 400 g/mol. The summed E-state index contributed by atoms with van der Waals surface area (Å²) in [5, 5.41) is 6.73. The molecule has 0 aromatic carbocycles. The number of amides is 2. The maximum atomic E-state index is 11.7. The molecule has 4 rings (SSSR count). The SMILES string of the molecule is CNc1c(C=O)oc2nc(C)ccc12.O=CN1CCCC(C(=O)NCC2CC2)C1. The molecule has 8 nitrogen and oxygen atoms in total. The minimum atomic E-state index is 0.0164. The zero-order valence-electron chi connectivity index (χ0n) is 16.9. The Kier molecular flexibility index (Phi) is 6.85. The van der Waals surface area contributed by atoms with Crippen molar-refractivity contribution in [2.45, 2.75) is 32.6 Å². The van der Waals surface area contributed by atoms with Crippen LogP contribution in [0.5, 0.6) is 0 Å². The van der Waals surface area contributed by atoms with Gasteiger partial charge < -0.3 is 20.0 Å². The average Bonchev–Trinajstić information content (AvgIpc) is 3.51. The fourth-order valence-electron chi connectivity index (χ4n) is 3.46. The summed E-state index contributed by atoms with van der Waals surface area (Å²) >= 11 is 0. The van der Waals surface area contributed by atoms with Gasteiger partial charge in [0, 0.05) is 32.4 Å². The first-order chi connectivity index (χ1) is 14.0. The van der Waals surface area contributed by atoms with Crippen LogP contribution in [0.2, 0.25) is 0 Å². The number of anilines is 1. The number of aldehydes is 1. The van der Waals surface area contributed by atoms with E-state index in [9.17, 15) is 14.4 Å². The van der Waals surface area contributed by atoms with Crippen molar-refractivity contribution < 1.29 is 18.8 Å². The summed E-state index contributed by atoms with van der Waals surface area (Å²) in [7, 11) is 1.75. The summed E-state index contributed by atoms with van der Waals surface area (Å²) in [4.78, 5) is 38.9. The molecule has 29 heavy (non-hydrogen) atoms. The Morgan fingerprint density at radius 3 is 2.76 bits per heavy atom. The van der Waals surface area contributed by atoms with Gasteiger partial charge in [-0.1, -0.05) is 0 Å². The lowest BCUT2D eigenvalue weighted by molar-refractivity contribution is -0.128. The number of pyridine rings is 1. The van der Waals surface area contributed by atoms with E-state index in [0.717, 1.165) is 49.3 Å². The van der Waals surface area contributed by atoms with E-state index >= 15 is 0 Å². The van der Waals surface area contributed by atoms with Crippen LogP contribution < -0.4 is 10.6 Å². The first-order valence-corrected chi connectivity index (χ1v) is 10.1. The summed E-state index contributed by atoms with van der Waals surface area (Å²) in [6, 6.07) is 3.77. The van der Waals surface area contributed by atoms with Crippen LogP contribution in [0, 0.1) is 18.8 Å². The van der Waals surface area contributed by atoms with E-state index in [1.165, 1.54) is 12.8 Å². The molecule has 1 aliphatic heterocycles. The molecular formula is C21H28N4O4. The topological polar surface area (TPSA) is 105 Å². The Morgan fingerprint density at radius 1 is 1.31 bits per heavy atom. The summed E-state index contributed by atoms with van der Waals surface area (Å²) in [6.45, 7) is 4.11. The number of piperidine rings is 1. The number of hydrogen-bond acceptors (Lipinski definition) is 6. The van der Waals surface area contributed by atoms with Crippen LogP contribution >= 0.6 is 0 Å². The van der Waals surface area contributed by atoms with Crippen LogP contribution in [0.1, 0.15) is 41.9 Å². The zero-order chi connectivity index (χ0) is 20.8. The fraction of sp³-hybridized carbons (Fsp3) is 0.524. The lowest BCUT2D eigenvalue weighted by atomic mass is 9.97. The molecule has 0 spiro atoms. The third kappa shape index (κ3) is 5.34. The van der Waals surface area contributed by atoms with Crippen LogP contribution in [0.4, 0.5) is 5.69 Å². The van der Waals surface area contributed by atoms with E-state index in [1.54, 1.807) is 11.9 Å². The quantitative estimate of drug-likeness (QED) is 0.722. The number of carbonyl (C=O) groups excluding carboxylic acids is 3. The van der Waals surface area contributed by atoms with Gasteiger partial charge in [-0.05, 0) is 50.7 Å². The number of carbonyl (C=O) groups is 3. The summed E-state index contributed by atoms with van der Waals surface area (Å²) in [5.41, 5.74) is 2.06. The predicted molar refractivity (Wildman–Crippen MR) is 110 cm³/mol. The van der Waals surface area contributed by atoms with Crippen LogP contribution in [0.25, 0.3) is 11.1 Å². The number of aryl methyl sites for hydroxylation is 1. The van der Waals surface area contributed by atoms with Crippen LogP contribution in [-0.2, 0) is 9.59 Å². The van der Waals surface area contributed by atoms with Gasteiger partial charge in [0.1, 0.15) is 0 Å². The highest BCUT2D eigenvalue weighted by atomic mass is 16.4. The lowest BCUT2D eigenvalue weighted by Crippen LogP contribution is -2.42. The Labute approximate surface area is 170 Å². The number of nitrogens with one attached hydrogen (secondary N) is 2. The smallest absolute Gasteiger partial charge is 0.229 e. The van der Waals surface area contributed by atoms with Gasteiger partial charge in [-0.25, -0.2) is 4.98 Å². The molecule has 2 aromatic rings. The van der Waals surface area contributed by atoms with E-state index in [0.29, 0.717) is 30.0 Å². The van der Waals surface area contributed by atoms with E-state index < -0.39 is 0 Å². The fourth-order valence-corrected chi connectivity index (χ4v) is 3.46. The first-order valence-electron chi connectivity index (χ1n) is 10.1. The van der Waals surface area contributed by atoms with E-state index in [1.807, 2.05) is 19.1 Å². The number of fused-ring (bicyclic) bond motifs is 1. The maximum Gasteiger partial charge on any atom is 0.229 e. The average molecular weight is 400 g/mol. The molecule has 1 atom stereocenters. The Balaban J connectivity index is 0.000000166. The molecule has 1 unspecified atom stereocenters. The van der Waals surface area contributed by atoms with E-state index in [4.69, 9.17) is 4.42 Å². The number of hydrogen-bond donors (Lipinski definition) is 2. The third-order valence-corrected chi connectivity index (χ3v) is 5.31. The number of likely N-dealkylation sites (tertiary alicyclic amines) is 1. The minimum absolute atomic E-state index is 0.0164. The standard InChI is InChI=1S/C11H18N2O2.C10H10N2O2/c14-8-13-5-1-2-10(7-13)11(15)12-6-9-3-4-9;1-6-3-4-7-9(11-2)8(5-13)14-10(7)12-6/h8-10H,1-7H2,(H,12,15);3-5,11H,1-2H3. The molecule has 8 heteroatoms.